The summed E-state index contributed by atoms with van der Waals surface area (Å²) in [5, 5.41) is 9.15. The highest BCUT2D eigenvalue weighted by Gasteiger charge is 2.15. The minimum absolute atomic E-state index is 0.138. The van der Waals surface area contributed by atoms with Gasteiger partial charge < -0.3 is 0 Å². The number of aryl methyl sites for hydroxylation is 2. The molecular weight excluding hydrogens is 250 g/mol. The van der Waals surface area contributed by atoms with Gasteiger partial charge in [0.05, 0.1) is 17.9 Å². The molecule has 0 bridgehead atoms. The number of hydrogen-bond acceptors (Lipinski definition) is 4. The van der Waals surface area contributed by atoms with Crippen molar-refractivity contribution in [2.75, 3.05) is 0 Å². The first-order valence-corrected chi connectivity index (χ1v) is 6.53. The zero-order chi connectivity index (χ0) is 13.3. The fourth-order valence-corrected chi connectivity index (χ4v) is 3.20. The number of nitrogens with one attached hydrogen (secondary N) is 1. The molecule has 5 nitrogen and oxygen atoms in total. The van der Waals surface area contributed by atoms with Crippen LogP contribution in [0.2, 0.25) is 0 Å². The van der Waals surface area contributed by atoms with E-state index < -0.39 is 5.69 Å². The van der Waals surface area contributed by atoms with Gasteiger partial charge in [0.25, 0.3) is 5.56 Å². The minimum atomic E-state index is -0.438. The van der Waals surface area contributed by atoms with Gasteiger partial charge in [0.1, 0.15) is 4.83 Å². The van der Waals surface area contributed by atoms with Gasteiger partial charge in [-0.3, -0.25) is 14.3 Å². The van der Waals surface area contributed by atoms with E-state index in [0.29, 0.717) is 10.2 Å². The maximum absolute atomic E-state index is 12.3. The molecule has 1 N–H and O–H groups in total. The van der Waals surface area contributed by atoms with E-state index in [9.17, 15) is 9.59 Å². The third-order valence-corrected chi connectivity index (χ3v) is 4.00. The fraction of sp³-hybridized carbons (Fsp3) is 0.417. The number of hydrogen-bond donors (Lipinski definition) is 1. The number of aromatic nitrogens is 2. The predicted molar refractivity (Wildman–Crippen MR) is 71.1 cm³/mol. The van der Waals surface area contributed by atoms with Crippen molar-refractivity contribution in [3.05, 3.63) is 31.3 Å². The molecule has 2 rings (SSSR count). The molecule has 0 radical (unpaired) electrons. The highest BCUT2D eigenvalue weighted by molar-refractivity contribution is 7.18. The van der Waals surface area contributed by atoms with Crippen molar-refractivity contribution in [3.63, 3.8) is 0 Å². The maximum atomic E-state index is 12.3. The monoisotopic (exact) mass is 263 g/mol. The van der Waals surface area contributed by atoms with Crippen LogP contribution >= 0.6 is 11.3 Å². The zero-order valence-electron chi connectivity index (χ0n) is 10.2. The van der Waals surface area contributed by atoms with Crippen molar-refractivity contribution in [2.45, 2.75) is 33.2 Å². The van der Waals surface area contributed by atoms with E-state index in [1.807, 2.05) is 19.9 Å². The van der Waals surface area contributed by atoms with Crippen molar-refractivity contribution in [2.24, 2.45) is 0 Å². The molecule has 18 heavy (non-hydrogen) atoms. The second-order valence-electron chi connectivity index (χ2n) is 3.99. The number of aromatic amines is 1. The van der Waals surface area contributed by atoms with E-state index in [-0.39, 0.29) is 18.5 Å². The van der Waals surface area contributed by atoms with Crippen LogP contribution in [0.3, 0.4) is 0 Å². The molecule has 0 aliphatic heterocycles. The summed E-state index contributed by atoms with van der Waals surface area (Å²) in [7, 11) is 0. The first kappa shape index (κ1) is 12.6. The summed E-state index contributed by atoms with van der Waals surface area (Å²) in [5.74, 6) is 0. The van der Waals surface area contributed by atoms with E-state index in [1.54, 1.807) is 0 Å². The van der Waals surface area contributed by atoms with Crippen molar-refractivity contribution < 1.29 is 0 Å². The Hall–Kier alpha value is -1.87. The van der Waals surface area contributed by atoms with Gasteiger partial charge in [-0.1, -0.05) is 6.92 Å². The minimum Gasteiger partial charge on any atom is -0.298 e. The van der Waals surface area contributed by atoms with E-state index in [0.717, 1.165) is 21.4 Å². The topological polar surface area (TPSA) is 78.7 Å². The van der Waals surface area contributed by atoms with E-state index in [2.05, 4.69) is 4.98 Å². The summed E-state index contributed by atoms with van der Waals surface area (Å²) in [6.07, 6.45) is 0.907. The molecule has 0 fully saturated rings. The molecule has 0 saturated carbocycles. The molecule has 2 aromatic rings. The molecule has 2 aromatic heterocycles. The molecule has 0 aromatic carbocycles. The Kier molecular flexibility index (Phi) is 3.34. The Balaban J connectivity index is 2.79. The number of fused-ring (bicyclic) bond motifs is 1. The number of H-pyrrole nitrogens is 1. The predicted octanol–water partition coefficient (Wildman–Crippen LogP) is 1.54. The van der Waals surface area contributed by atoms with Gasteiger partial charge >= 0.3 is 5.69 Å². The molecule has 0 saturated heterocycles. The standard InChI is InChI=1S/C12H13N3O2S/c1-3-8-7(2)18-10-9(8)11(16)15(6-4-5-13)12(17)14-10/h3-4,6H2,1-2H3,(H,14,17). The first-order chi connectivity index (χ1) is 8.60. The van der Waals surface area contributed by atoms with E-state index in [1.165, 1.54) is 11.3 Å². The number of thiophene rings is 1. The normalized spacial score (nSPS) is 10.7. The van der Waals surface area contributed by atoms with Crippen LogP contribution in [0.25, 0.3) is 10.2 Å². The van der Waals surface area contributed by atoms with Gasteiger partial charge in [0, 0.05) is 11.4 Å². The summed E-state index contributed by atoms with van der Waals surface area (Å²) in [6, 6.07) is 1.94. The molecule has 0 unspecified atom stereocenters. The summed E-state index contributed by atoms with van der Waals surface area (Å²) in [6.45, 7) is 4.07. The van der Waals surface area contributed by atoms with Gasteiger partial charge in [-0.25, -0.2) is 4.79 Å². The molecule has 6 heteroatoms. The highest BCUT2D eigenvalue weighted by atomic mass is 32.1. The van der Waals surface area contributed by atoms with Crippen LogP contribution in [-0.2, 0) is 13.0 Å². The molecule has 94 valence electrons. The lowest BCUT2D eigenvalue weighted by Crippen LogP contribution is -2.34. The summed E-state index contributed by atoms with van der Waals surface area (Å²) in [4.78, 5) is 28.5. The summed E-state index contributed by atoms with van der Waals surface area (Å²) in [5.41, 5.74) is 0.263. The van der Waals surface area contributed by atoms with Crippen molar-refractivity contribution >= 4 is 21.6 Å². The zero-order valence-corrected chi connectivity index (χ0v) is 11.1. The lowest BCUT2D eigenvalue weighted by atomic mass is 10.1. The molecule has 0 aliphatic carbocycles. The number of nitrogens with zero attached hydrogens (tertiary/aromatic N) is 2. The number of rotatable bonds is 3. The Morgan fingerprint density at radius 2 is 2.17 bits per heavy atom. The smallest absolute Gasteiger partial charge is 0.298 e. The SMILES string of the molecule is CCc1c(C)sc2[nH]c(=O)n(CCC#N)c(=O)c12. The third kappa shape index (κ3) is 1.87. The Morgan fingerprint density at radius 3 is 2.78 bits per heavy atom. The van der Waals surface area contributed by atoms with Gasteiger partial charge in [0.2, 0.25) is 0 Å². The van der Waals surface area contributed by atoms with Crippen molar-refractivity contribution in [1.82, 2.24) is 9.55 Å². The molecule has 0 amide bonds. The van der Waals surface area contributed by atoms with E-state index in [4.69, 9.17) is 5.26 Å². The van der Waals surface area contributed by atoms with Crippen LogP contribution in [0.5, 0.6) is 0 Å². The third-order valence-electron chi connectivity index (χ3n) is 2.93. The lowest BCUT2D eigenvalue weighted by Gasteiger charge is -2.02. The average molecular weight is 263 g/mol. The Bertz CT molecular complexity index is 745. The van der Waals surface area contributed by atoms with Gasteiger partial charge in [-0.15, -0.1) is 11.3 Å². The Labute approximate surface area is 107 Å². The highest BCUT2D eigenvalue weighted by Crippen LogP contribution is 2.26. The lowest BCUT2D eigenvalue weighted by molar-refractivity contribution is 0.650. The van der Waals surface area contributed by atoms with Crippen LogP contribution in [0.1, 0.15) is 23.8 Å². The van der Waals surface area contributed by atoms with Crippen LogP contribution in [0, 0.1) is 18.3 Å². The van der Waals surface area contributed by atoms with Gasteiger partial charge in [-0.2, -0.15) is 5.26 Å². The van der Waals surface area contributed by atoms with Crippen molar-refractivity contribution in [1.29, 1.82) is 5.26 Å². The van der Waals surface area contributed by atoms with Crippen LogP contribution in [-0.4, -0.2) is 9.55 Å². The average Bonchev–Trinajstić information content (AvgIpc) is 2.64. The van der Waals surface area contributed by atoms with Crippen LogP contribution < -0.4 is 11.2 Å². The summed E-state index contributed by atoms with van der Waals surface area (Å²) < 4.78 is 1.11. The van der Waals surface area contributed by atoms with Crippen LogP contribution in [0.15, 0.2) is 9.59 Å². The molecular formula is C12H13N3O2S. The second kappa shape index (κ2) is 4.78. The van der Waals surface area contributed by atoms with Gasteiger partial charge in [0.15, 0.2) is 0 Å². The largest absolute Gasteiger partial charge is 0.329 e. The molecule has 2 heterocycles. The maximum Gasteiger partial charge on any atom is 0.329 e. The first-order valence-electron chi connectivity index (χ1n) is 5.72. The molecule has 0 aliphatic rings. The van der Waals surface area contributed by atoms with Gasteiger partial charge in [-0.05, 0) is 18.9 Å². The van der Waals surface area contributed by atoms with Crippen LogP contribution in [0.4, 0.5) is 0 Å². The second-order valence-corrected chi connectivity index (χ2v) is 5.21. The molecule has 0 spiro atoms. The quantitative estimate of drug-likeness (QED) is 0.912. The fourth-order valence-electron chi connectivity index (χ4n) is 2.08. The summed E-state index contributed by atoms with van der Waals surface area (Å²) >= 11 is 1.43. The molecule has 0 atom stereocenters. The van der Waals surface area contributed by atoms with Crippen molar-refractivity contribution in [3.8, 4) is 6.07 Å². The number of nitriles is 1. The van der Waals surface area contributed by atoms with E-state index >= 15 is 0 Å². The Morgan fingerprint density at radius 1 is 1.44 bits per heavy atom.